The van der Waals surface area contributed by atoms with Gasteiger partial charge in [0.2, 0.25) is 15.9 Å². The highest BCUT2D eigenvalue weighted by Crippen LogP contribution is 2.38. The van der Waals surface area contributed by atoms with Crippen LogP contribution in [0.4, 0.5) is 11.4 Å². The topological polar surface area (TPSA) is 84.9 Å². The van der Waals surface area contributed by atoms with E-state index in [1.807, 2.05) is 6.07 Å². The Labute approximate surface area is 158 Å². The van der Waals surface area contributed by atoms with Crippen molar-refractivity contribution in [3.63, 3.8) is 0 Å². The fourth-order valence-electron chi connectivity index (χ4n) is 3.08. The molecule has 2 aromatic rings. The van der Waals surface area contributed by atoms with Crippen LogP contribution >= 0.6 is 0 Å². The van der Waals surface area contributed by atoms with Gasteiger partial charge in [0.1, 0.15) is 0 Å². The van der Waals surface area contributed by atoms with E-state index in [0.717, 1.165) is 0 Å². The molecular formula is C19H22N2O5S. The quantitative estimate of drug-likeness (QED) is 0.848. The van der Waals surface area contributed by atoms with Crippen molar-refractivity contribution in [1.82, 2.24) is 0 Å². The number of amides is 1. The first-order chi connectivity index (χ1) is 12.8. The Kier molecular flexibility index (Phi) is 5.01. The molecule has 144 valence electrons. The molecule has 1 saturated heterocycles. The minimum Gasteiger partial charge on any atom is -0.493 e. The molecule has 0 bridgehead atoms. The van der Waals surface area contributed by atoms with Crippen LogP contribution in [-0.4, -0.2) is 39.8 Å². The van der Waals surface area contributed by atoms with Crippen molar-refractivity contribution < 1.29 is 22.7 Å². The van der Waals surface area contributed by atoms with Gasteiger partial charge in [-0.1, -0.05) is 18.2 Å². The second-order valence-corrected chi connectivity index (χ2v) is 8.71. The van der Waals surface area contributed by atoms with Crippen LogP contribution in [0, 0.1) is 0 Å². The summed E-state index contributed by atoms with van der Waals surface area (Å²) in [5.41, 5.74) is 0.993. The van der Waals surface area contributed by atoms with Gasteiger partial charge in [0.25, 0.3) is 0 Å². The molecule has 0 aromatic heterocycles. The number of nitrogens with zero attached hydrogens (tertiary/aromatic N) is 1. The van der Waals surface area contributed by atoms with E-state index in [1.165, 1.54) is 25.4 Å². The number of rotatable bonds is 5. The number of benzene rings is 2. The van der Waals surface area contributed by atoms with E-state index in [4.69, 9.17) is 9.47 Å². The largest absolute Gasteiger partial charge is 0.493 e. The normalized spacial score (nSPS) is 20.9. The third-order valence-electron chi connectivity index (χ3n) is 4.82. The second-order valence-electron chi connectivity index (χ2n) is 6.42. The number of carbonyl (C=O) groups excluding carboxylic acids is 1. The lowest BCUT2D eigenvalue weighted by atomic mass is 10.1. The highest BCUT2D eigenvalue weighted by Gasteiger charge is 2.54. The monoisotopic (exact) mass is 390 g/mol. The molecule has 0 saturated carbocycles. The van der Waals surface area contributed by atoms with Gasteiger partial charge in [0, 0.05) is 18.3 Å². The zero-order chi connectivity index (χ0) is 19.7. The molecule has 27 heavy (non-hydrogen) atoms. The molecule has 0 spiro atoms. The number of sulfonamides is 1. The standard InChI is InChI=1S/C19H22N2O5S/c1-19(11-12-21(27(19,23)24)15-7-5-4-6-8-15)18(22)20-14-9-10-16(25-2)17(13-14)26-3/h4-10,13H,11-12H2,1-3H3,(H,20,22)/t19-/m0/s1. The molecule has 7 nitrogen and oxygen atoms in total. The zero-order valence-electron chi connectivity index (χ0n) is 15.4. The fourth-order valence-corrected chi connectivity index (χ4v) is 4.93. The van der Waals surface area contributed by atoms with Crippen molar-refractivity contribution in [2.45, 2.75) is 18.1 Å². The van der Waals surface area contributed by atoms with Gasteiger partial charge in [-0.3, -0.25) is 9.10 Å². The molecule has 0 radical (unpaired) electrons. The number of methoxy groups -OCH3 is 2. The molecule has 1 heterocycles. The van der Waals surface area contributed by atoms with Crippen molar-refractivity contribution in [1.29, 1.82) is 0 Å². The minimum absolute atomic E-state index is 0.198. The zero-order valence-corrected chi connectivity index (χ0v) is 16.2. The third-order valence-corrected chi connectivity index (χ3v) is 7.32. The van der Waals surface area contributed by atoms with Crippen molar-refractivity contribution in [3.05, 3.63) is 48.5 Å². The first-order valence-corrected chi connectivity index (χ1v) is 9.88. The number of hydrogen-bond donors (Lipinski definition) is 1. The Morgan fingerprint density at radius 2 is 1.74 bits per heavy atom. The first-order valence-electron chi connectivity index (χ1n) is 8.44. The first kappa shape index (κ1) is 19.0. The smallest absolute Gasteiger partial charge is 0.249 e. The summed E-state index contributed by atoms with van der Waals surface area (Å²) in [4.78, 5) is 12.9. The molecule has 8 heteroatoms. The summed E-state index contributed by atoms with van der Waals surface area (Å²) >= 11 is 0. The van der Waals surface area contributed by atoms with Crippen molar-refractivity contribution in [3.8, 4) is 11.5 Å². The van der Waals surface area contributed by atoms with Crippen LogP contribution in [0.25, 0.3) is 0 Å². The molecule has 1 aliphatic rings. The Bertz CT molecular complexity index is 946. The maximum absolute atomic E-state index is 13.1. The number of carbonyl (C=O) groups is 1. The van der Waals surface area contributed by atoms with E-state index in [2.05, 4.69) is 5.32 Å². The molecule has 1 atom stereocenters. The van der Waals surface area contributed by atoms with Gasteiger partial charge >= 0.3 is 0 Å². The van der Waals surface area contributed by atoms with Crippen LogP contribution in [0.15, 0.2) is 48.5 Å². The molecule has 0 unspecified atom stereocenters. The van der Waals surface area contributed by atoms with E-state index in [0.29, 0.717) is 22.9 Å². The molecule has 2 aromatic carbocycles. The van der Waals surface area contributed by atoms with Gasteiger partial charge in [-0.2, -0.15) is 0 Å². The molecule has 1 fully saturated rings. The molecule has 0 aliphatic carbocycles. The molecule has 1 amide bonds. The van der Waals surface area contributed by atoms with Gasteiger partial charge in [-0.05, 0) is 37.6 Å². The number of hydrogen-bond acceptors (Lipinski definition) is 5. The summed E-state index contributed by atoms with van der Waals surface area (Å²) in [6, 6.07) is 13.7. The Morgan fingerprint density at radius 3 is 2.37 bits per heavy atom. The fraction of sp³-hybridized carbons (Fsp3) is 0.316. The lowest BCUT2D eigenvalue weighted by Crippen LogP contribution is -2.47. The maximum Gasteiger partial charge on any atom is 0.249 e. The van der Waals surface area contributed by atoms with Gasteiger partial charge in [0.15, 0.2) is 16.2 Å². The highest BCUT2D eigenvalue weighted by molar-refractivity contribution is 7.95. The second kappa shape index (κ2) is 7.11. The van der Waals surface area contributed by atoms with Crippen LogP contribution in [-0.2, 0) is 14.8 Å². The molecular weight excluding hydrogens is 368 g/mol. The molecule has 1 aliphatic heterocycles. The van der Waals surface area contributed by atoms with Gasteiger partial charge < -0.3 is 14.8 Å². The van der Waals surface area contributed by atoms with Crippen LogP contribution in [0.2, 0.25) is 0 Å². The summed E-state index contributed by atoms with van der Waals surface area (Å²) in [6.45, 7) is 1.71. The van der Waals surface area contributed by atoms with Crippen molar-refractivity contribution in [2.75, 3.05) is 30.4 Å². The summed E-state index contributed by atoms with van der Waals surface area (Å²) in [7, 11) is -0.859. The average molecular weight is 390 g/mol. The number of nitrogens with one attached hydrogen (secondary N) is 1. The van der Waals surface area contributed by atoms with Crippen LogP contribution in [0.5, 0.6) is 11.5 Å². The van der Waals surface area contributed by atoms with E-state index in [-0.39, 0.29) is 13.0 Å². The summed E-state index contributed by atoms with van der Waals surface area (Å²) in [5, 5.41) is 2.70. The number of anilines is 2. The Morgan fingerprint density at radius 1 is 1.07 bits per heavy atom. The van der Waals surface area contributed by atoms with Gasteiger partial charge in [0.05, 0.1) is 19.9 Å². The molecule has 1 N–H and O–H groups in total. The van der Waals surface area contributed by atoms with Crippen LogP contribution < -0.4 is 19.1 Å². The van der Waals surface area contributed by atoms with Crippen LogP contribution in [0.3, 0.4) is 0 Å². The Balaban J connectivity index is 1.86. The lowest BCUT2D eigenvalue weighted by Gasteiger charge is -2.25. The van der Waals surface area contributed by atoms with E-state index in [1.54, 1.807) is 42.5 Å². The van der Waals surface area contributed by atoms with Crippen molar-refractivity contribution in [2.24, 2.45) is 0 Å². The average Bonchev–Trinajstić information content (AvgIpc) is 2.92. The third kappa shape index (κ3) is 3.21. The summed E-state index contributed by atoms with van der Waals surface area (Å²) in [6.07, 6.45) is 0.198. The van der Waals surface area contributed by atoms with Crippen LogP contribution in [0.1, 0.15) is 13.3 Å². The molecule has 3 rings (SSSR count). The van der Waals surface area contributed by atoms with Crippen molar-refractivity contribution >= 4 is 27.3 Å². The lowest BCUT2D eigenvalue weighted by molar-refractivity contribution is -0.118. The Hall–Kier alpha value is -2.74. The number of ether oxygens (including phenoxy) is 2. The predicted molar refractivity (Wildman–Crippen MR) is 104 cm³/mol. The van der Waals surface area contributed by atoms with E-state index in [9.17, 15) is 13.2 Å². The van der Waals surface area contributed by atoms with E-state index < -0.39 is 20.7 Å². The van der Waals surface area contributed by atoms with Gasteiger partial charge in [-0.25, -0.2) is 8.42 Å². The summed E-state index contributed by atoms with van der Waals surface area (Å²) < 4.78 is 36.3. The van der Waals surface area contributed by atoms with E-state index >= 15 is 0 Å². The maximum atomic E-state index is 13.1. The predicted octanol–water partition coefficient (Wildman–Crippen LogP) is 2.64. The van der Waals surface area contributed by atoms with Gasteiger partial charge in [-0.15, -0.1) is 0 Å². The SMILES string of the molecule is COc1ccc(NC(=O)[C@]2(C)CCN(c3ccccc3)S2(=O)=O)cc1OC. The number of para-hydroxylation sites is 1. The minimum atomic E-state index is -3.86. The summed E-state index contributed by atoms with van der Waals surface area (Å²) in [5.74, 6) is 0.388. The highest BCUT2D eigenvalue weighted by atomic mass is 32.2.